The van der Waals surface area contributed by atoms with E-state index >= 15 is 0 Å². The van der Waals surface area contributed by atoms with Gasteiger partial charge in [0, 0.05) is 19.0 Å². The van der Waals surface area contributed by atoms with Crippen LogP contribution in [0, 0.1) is 0 Å². The minimum atomic E-state index is -0.436. The molecule has 0 saturated carbocycles. The van der Waals surface area contributed by atoms with Crippen LogP contribution in [0.15, 0.2) is 39.5 Å². The molecule has 128 valence electrons. The molecule has 1 aromatic carbocycles. The molecule has 7 nitrogen and oxygen atoms in total. The maximum atomic E-state index is 12.4. The smallest absolute Gasteiger partial charge is 0.287 e. The van der Waals surface area contributed by atoms with Gasteiger partial charge in [0.05, 0.1) is 11.9 Å². The van der Waals surface area contributed by atoms with Crippen molar-refractivity contribution in [1.82, 2.24) is 20.1 Å². The van der Waals surface area contributed by atoms with Crippen LogP contribution in [0.2, 0.25) is 0 Å². The van der Waals surface area contributed by atoms with Gasteiger partial charge in [0.25, 0.3) is 5.91 Å². The number of aryl methyl sites for hydroxylation is 1. The first-order valence-corrected chi connectivity index (χ1v) is 8.44. The molecule has 0 unspecified atom stereocenters. The molecular formula is C18H18N4O3. The lowest BCUT2D eigenvalue weighted by Gasteiger charge is -2.08. The number of hydrogen-bond donors (Lipinski definition) is 1. The molecule has 4 rings (SSSR count). The lowest BCUT2D eigenvalue weighted by Crippen LogP contribution is -2.26. The monoisotopic (exact) mass is 338 g/mol. The quantitative estimate of drug-likeness (QED) is 0.789. The van der Waals surface area contributed by atoms with Crippen molar-refractivity contribution in [3.05, 3.63) is 58.0 Å². The Balaban J connectivity index is 1.53. The fraction of sp³-hybridized carbons (Fsp3) is 0.333. The van der Waals surface area contributed by atoms with Crippen molar-refractivity contribution in [3.8, 4) is 0 Å². The zero-order valence-corrected chi connectivity index (χ0v) is 13.7. The molecule has 1 N–H and O–H groups in total. The third kappa shape index (κ3) is 3.05. The summed E-state index contributed by atoms with van der Waals surface area (Å²) in [7, 11) is 0. The average molecular weight is 338 g/mol. The standard InChI is InChI=1S/C18H18N4O3/c23-13-10-15(25-14-7-4-3-6-12(13)14)18(24)19-11-17-21-20-16-8-2-1-5-9-22(16)17/h3-4,6-7,10H,1-2,5,8-9,11H2,(H,19,24). The second-order valence-corrected chi connectivity index (χ2v) is 6.15. The number of nitrogens with one attached hydrogen (secondary N) is 1. The highest BCUT2D eigenvalue weighted by molar-refractivity contribution is 5.93. The summed E-state index contributed by atoms with van der Waals surface area (Å²) in [4.78, 5) is 24.5. The van der Waals surface area contributed by atoms with E-state index in [-0.39, 0.29) is 17.7 Å². The highest BCUT2D eigenvalue weighted by Crippen LogP contribution is 2.15. The van der Waals surface area contributed by atoms with Gasteiger partial charge in [-0.15, -0.1) is 10.2 Å². The van der Waals surface area contributed by atoms with Gasteiger partial charge in [0.2, 0.25) is 0 Å². The number of hydrogen-bond acceptors (Lipinski definition) is 5. The summed E-state index contributed by atoms with van der Waals surface area (Å²) in [6.07, 6.45) is 4.30. The molecule has 0 radical (unpaired) electrons. The van der Waals surface area contributed by atoms with Gasteiger partial charge in [-0.25, -0.2) is 0 Å². The summed E-state index contributed by atoms with van der Waals surface area (Å²) in [6.45, 7) is 1.13. The highest BCUT2D eigenvalue weighted by Gasteiger charge is 2.17. The molecule has 0 saturated heterocycles. The number of para-hydroxylation sites is 1. The molecule has 1 aliphatic rings. The van der Waals surface area contributed by atoms with E-state index in [0.29, 0.717) is 11.0 Å². The van der Waals surface area contributed by atoms with Crippen LogP contribution in [0.5, 0.6) is 0 Å². The van der Waals surface area contributed by atoms with Crippen LogP contribution in [0.25, 0.3) is 11.0 Å². The average Bonchev–Trinajstić information content (AvgIpc) is 2.86. The summed E-state index contributed by atoms with van der Waals surface area (Å²) in [5.41, 5.74) is 0.167. The molecule has 1 amide bonds. The Bertz CT molecular complexity index is 989. The SMILES string of the molecule is O=C(NCc1nnc2n1CCCCC2)c1cc(=O)c2ccccc2o1. The Kier molecular flexibility index (Phi) is 4.05. The normalized spacial score (nSPS) is 14.1. The van der Waals surface area contributed by atoms with E-state index in [1.165, 1.54) is 12.5 Å². The molecule has 25 heavy (non-hydrogen) atoms. The number of amides is 1. The Morgan fingerprint density at radius 2 is 2.08 bits per heavy atom. The predicted molar refractivity (Wildman–Crippen MR) is 91.2 cm³/mol. The van der Waals surface area contributed by atoms with Crippen molar-refractivity contribution in [2.45, 2.75) is 38.8 Å². The Morgan fingerprint density at radius 3 is 3.00 bits per heavy atom. The van der Waals surface area contributed by atoms with E-state index < -0.39 is 5.91 Å². The fourth-order valence-electron chi connectivity index (χ4n) is 3.14. The number of nitrogens with zero attached hydrogens (tertiary/aromatic N) is 3. The number of carbonyl (C=O) groups is 1. The first-order chi connectivity index (χ1) is 12.2. The van der Waals surface area contributed by atoms with Gasteiger partial charge in [-0.2, -0.15) is 0 Å². The highest BCUT2D eigenvalue weighted by atomic mass is 16.3. The topological polar surface area (TPSA) is 90.0 Å². The largest absolute Gasteiger partial charge is 0.451 e. The molecule has 0 spiro atoms. The molecule has 7 heteroatoms. The van der Waals surface area contributed by atoms with Gasteiger partial charge in [-0.1, -0.05) is 18.6 Å². The number of fused-ring (bicyclic) bond motifs is 2. The van der Waals surface area contributed by atoms with Crippen LogP contribution in [0.1, 0.15) is 41.5 Å². The summed E-state index contributed by atoms with van der Waals surface area (Å²) in [5.74, 6) is 1.26. The third-order valence-corrected chi connectivity index (χ3v) is 4.45. The van der Waals surface area contributed by atoms with Crippen LogP contribution in [-0.2, 0) is 19.5 Å². The van der Waals surface area contributed by atoms with Crippen molar-refractivity contribution in [2.24, 2.45) is 0 Å². The number of rotatable bonds is 3. The minimum Gasteiger partial charge on any atom is -0.451 e. The summed E-state index contributed by atoms with van der Waals surface area (Å²) in [6, 6.07) is 8.09. The zero-order chi connectivity index (χ0) is 17.2. The summed E-state index contributed by atoms with van der Waals surface area (Å²) < 4.78 is 7.63. The second kappa shape index (κ2) is 6.51. The molecule has 3 heterocycles. The third-order valence-electron chi connectivity index (χ3n) is 4.45. The Hall–Kier alpha value is -2.96. The predicted octanol–water partition coefficient (Wildman–Crippen LogP) is 2.04. The molecule has 1 aliphatic heterocycles. The number of benzene rings is 1. The molecule has 0 bridgehead atoms. The summed E-state index contributed by atoms with van der Waals surface area (Å²) >= 11 is 0. The lowest BCUT2D eigenvalue weighted by atomic mass is 10.2. The molecule has 2 aromatic heterocycles. The van der Waals surface area contributed by atoms with Crippen molar-refractivity contribution in [2.75, 3.05) is 0 Å². The van der Waals surface area contributed by atoms with E-state index in [2.05, 4.69) is 20.1 Å². The first kappa shape index (κ1) is 15.6. The van der Waals surface area contributed by atoms with Crippen molar-refractivity contribution >= 4 is 16.9 Å². The van der Waals surface area contributed by atoms with Crippen molar-refractivity contribution < 1.29 is 9.21 Å². The van der Waals surface area contributed by atoms with E-state index in [1.807, 2.05) is 0 Å². The number of aromatic nitrogens is 3. The first-order valence-electron chi connectivity index (χ1n) is 8.44. The lowest BCUT2D eigenvalue weighted by molar-refractivity contribution is 0.0922. The van der Waals surface area contributed by atoms with Gasteiger partial charge >= 0.3 is 0 Å². The van der Waals surface area contributed by atoms with Crippen LogP contribution in [0.3, 0.4) is 0 Å². The molecule has 0 aliphatic carbocycles. The van der Waals surface area contributed by atoms with Crippen LogP contribution < -0.4 is 10.7 Å². The van der Waals surface area contributed by atoms with Gasteiger partial charge < -0.3 is 14.3 Å². The van der Waals surface area contributed by atoms with Crippen LogP contribution in [-0.4, -0.2) is 20.7 Å². The van der Waals surface area contributed by atoms with Gasteiger partial charge in [-0.3, -0.25) is 9.59 Å². The molecule has 0 atom stereocenters. The summed E-state index contributed by atoms with van der Waals surface area (Å²) in [5, 5.41) is 11.6. The Morgan fingerprint density at radius 1 is 1.20 bits per heavy atom. The maximum Gasteiger partial charge on any atom is 0.287 e. The fourth-order valence-corrected chi connectivity index (χ4v) is 3.14. The van der Waals surface area contributed by atoms with Gasteiger partial charge in [-0.05, 0) is 25.0 Å². The van der Waals surface area contributed by atoms with Crippen molar-refractivity contribution in [3.63, 3.8) is 0 Å². The van der Waals surface area contributed by atoms with Crippen LogP contribution >= 0.6 is 0 Å². The van der Waals surface area contributed by atoms with Gasteiger partial charge in [0.1, 0.15) is 11.4 Å². The maximum absolute atomic E-state index is 12.4. The minimum absolute atomic E-state index is 0.000643. The Labute approximate surface area is 143 Å². The molecular weight excluding hydrogens is 320 g/mol. The number of carbonyl (C=O) groups excluding carboxylic acids is 1. The van der Waals surface area contributed by atoms with E-state index in [4.69, 9.17) is 4.42 Å². The van der Waals surface area contributed by atoms with E-state index in [0.717, 1.165) is 37.5 Å². The van der Waals surface area contributed by atoms with Crippen molar-refractivity contribution in [1.29, 1.82) is 0 Å². The second-order valence-electron chi connectivity index (χ2n) is 6.15. The molecule has 3 aromatic rings. The van der Waals surface area contributed by atoms with E-state index in [9.17, 15) is 9.59 Å². The molecule has 0 fully saturated rings. The zero-order valence-electron chi connectivity index (χ0n) is 13.7. The van der Waals surface area contributed by atoms with Gasteiger partial charge in [0.15, 0.2) is 17.0 Å². The van der Waals surface area contributed by atoms with Crippen LogP contribution in [0.4, 0.5) is 0 Å². The van der Waals surface area contributed by atoms with E-state index in [1.54, 1.807) is 24.3 Å².